The molecule has 1 N–H and O–H groups in total. The Hall–Kier alpha value is -3.09. The van der Waals surface area contributed by atoms with Gasteiger partial charge in [-0.05, 0) is 26.0 Å². The van der Waals surface area contributed by atoms with E-state index in [0.29, 0.717) is 5.82 Å². The first-order valence-corrected chi connectivity index (χ1v) is 7.57. The zero-order valence-electron chi connectivity index (χ0n) is 13.6. The van der Waals surface area contributed by atoms with Crippen molar-refractivity contribution in [2.75, 3.05) is 18.5 Å². The predicted molar refractivity (Wildman–Crippen MR) is 88.5 cm³/mol. The highest BCUT2D eigenvalue weighted by atomic mass is 16.6. The molecule has 1 aromatic heterocycles. The van der Waals surface area contributed by atoms with E-state index in [9.17, 15) is 9.59 Å². The molecule has 7 heteroatoms. The van der Waals surface area contributed by atoms with Crippen LogP contribution in [0.5, 0.6) is 0 Å². The van der Waals surface area contributed by atoms with E-state index in [0.717, 1.165) is 5.69 Å². The summed E-state index contributed by atoms with van der Waals surface area (Å²) >= 11 is 0. The summed E-state index contributed by atoms with van der Waals surface area (Å²) in [6.45, 7) is 3.65. The summed E-state index contributed by atoms with van der Waals surface area (Å²) < 4.78 is 11.4. The van der Waals surface area contributed by atoms with Crippen LogP contribution in [0.4, 0.5) is 5.82 Å². The van der Waals surface area contributed by atoms with Crippen molar-refractivity contribution in [2.45, 2.75) is 13.8 Å². The molecular formula is C17H19N3O4. The van der Waals surface area contributed by atoms with Crippen LogP contribution >= 0.6 is 0 Å². The molecule has 0 atom stereocenters. The minimum Gasteiger partial charge on any atom is -0.462 e. The van der Waals surface area contributed by atoms with Gasteiger partial charge in [0.1, 0.15) is 0 Å². The number of hydrogen-bond acceptors (Lipinski definition) is 6. The minimum atomic E-state index is -0.744. The molecule has 0 saturated carbocycles. The molecule has 2 rings (SSSR count). The molecule has 0 aliphatic carbocycles. The molecule has 0 unspecified atom stereocenters. The lowest BCUT2D eigenvalue weighted by molar-refractivity contribution is -0.146. The number of aromatic nitrogens is 2. The molecular weight excluding hydrogens is 310 g/mol. The van der Waals surface area contributed by atoms with Gasteiger partial charge in [0.25, 0.3) is 0 Å². The lowest BCUT2D eigenvalue weighted by atomic mass is 10.3. The topological polar surface area (TPSA) is 82.5 Å². The molecule has 7 nitrogen and oxygen atoms in total. The molecule has 0 saturated heterocycles. The summed E-state index contributed by atoms with van der Waals surface area (Å²) in [7, 11) is 0. The van der Waals surface area contributed by atoms with E-state index >= 15 is 0 Å². The number of carbonyl (C=O) groups is 2. The van der Waals surface area contributed by atoms with Gasteiger partial charge < -0.3 is 14.8 Å². The summed E-state index contributed by atoms with van der Waals surface area (Å²) in [5, 5.41) is 7.14. The Morgan fingerprint density at radius 1 is 1.08 bits per heavy atom. The first-order valence-electron chi connectivity index (χ1n) is 7.57. The second-order valence-corrected chi connectivity index (χ2v) is 4.62. The molecule has 0 fully saturated rings. The van der Waals surface area contributed by atoms with Gasteiger partial charge in [-0.2, -0.15) is 5.10 Å². The highest BCUT2D eigenvalue weighted by molar-refractivity contribution is 6.14. The number of para-hydroxylation sites is 1. The monoisotopic (exact) mass is 329 g/mol. The fourth-order valence-electron chi connectivity index (χ4n) is 1.89. The number of benzene rings is 1. The van der Waals surface area contributed by atoms with Crippen LogP contribution in [-0.2, 0) is 19.1 Å². The average Bonchev–Trinajstić information content (AvgIpc) is 3.05. The van der Waals surface area contributed by atoms with E-state index in [2.05, 4.69) is 10.4 Å². The van der Waals surface area contributed by atoms with E-state index in [-0.39, 0.29) is 18.8 Å². The molecule has 2 aromatic rings. The SMILES string of the molecule is CCOC(=O)C(=CNc1ccn(-c2ccccc2)n1)C(=O)OCC. The molecule has 24 heavy (non-hydrogen) atoms. The fraction of sp³-hybridized carbons (Fsp3) is 0.235. The van der Waals surface area contributed by atoms with E-state index in [1.165, 1.54) is 6.20 Å². The zero-order chi connectivity index (χ0) is 17.4. The maximum Gasteiger partial charge on any atom is 0.347 e. The second kappa shape index (κ2) is 8.52. The fourth-order valence-corrected chi connectivity index (χ4v) is 1.89. The minimum absolute atomic E-state index is 0.165. The van der Waals surface area contributed by atoms with Gasteiger partial charge >= 0.3 is 11.9 Å². The van der Waals surface area contributed by atoms with Crippen LogP contribution in [0.2, 0.25) is 0 Å². The molecule has 0 aliphatic rings. The van der Waals surface area contributed by atoms with Crippen LogP contribution in [0.25, 0.3) is 5.69 Å². The van der Waals surface area contributed by atoms with Crippen molar-refractivity contribution in [1.29, 1.82) is 0 Å². The van der Waals surface area contributed by atoms with Crippen molar-refractivity contribution in [3.63, 3.8) is 0 Å². The third-order valence-corrected chi connectivity index (χ3v) is 2.96. The highest BCUT2D eigenvalue weighted by Gasteiger charge is 2.21. The number of nitrogens with zero attached hydrogens (tertiary/aromatic N) is 2. The summed E-state index contributed by atoms with van der Waals surface area (Å²) in [4.78, 5) is 23.7. The first kappa shape index (κ1) is 17.3. The second-order valence-electron chi connectivity index (χ2n) is 4.62. The first-order chi connectivity index (χ1) is 11.7. The smallest absolute Gasteiger partial charge is 0.347 e. The Labute approximate surface area is 139 Å². The highest BCUT2D eigenvalue weighted by Crippen LogP contribution is 2.11. The quantitative estimate of drug-likeness (QED) is 0.363. The maximum absolute atomic E-state index is 11.9. The number of rotatable bonds is 7. The van der Waals surface area contributed by atoms with Gasteiger partial charge in [-0.25, -0.2) is 14.3 Å². The Balaban J connectivity index is 2.15. The van der Waals surface area contributed by atoms with Crippen molar-refractivity contribution in [2.24, 2.45) is 0 Å². The molecule has 0 amide bonds. The summed E-state index contributed by atoms with van der Waals surface area (Å²) in [6.07, 6.45) is 3.01. The maximum atomic E-state index is 11.9. The third-order valence-electron chi connectivity index (χ3n) is 2.96. The average molecular weight is 329 g/mol. The number of nitrogens with one attached hydrogen (secondary N) is 1. The van der Waals surface area contributed by atoms with Gasteiger partial charge in [-0.15, -0.1) is 0 Å². The van der Waals surface area contributed by atoms with Gasteiger partial charge in [0.05, 0.1) is 18.9 Å². The number of anilines is 1. The largest absolute Gasteiger partial charge is 0.462 e. The normalized spacial score (nSPS) is 9.92. The van der Waals surface area contributed by atoms with Crippen LogP contribution in [0.3, 0.4) is 0 Å². The Kier molecular flexibility index (Phi) is 6.13. The van der Waals surface area contributed by atoms with Gasteiger partial charge in [0, 0.05) is 18.5 Å². The van der Waals surface area contributed by atoms with Crippen LogP contribution in [-0.4, -0.2) is 34.9 Å². The van der Waals surface area contributed by atoms with Crippen molar-refractivity contribution >= 4 is 17.8 Å². The molecule has 1 aromatic carbocycles. The standard InChI is InChI=1S/C17H19N3O4/c1-3-23-16(21)14(17(22)24-4-2)12-18-15-10-11-20(19-15)13-8-6-5-7-9-13/h5-12H,3-4H2,1-2H3,(H,18,19). The van der Waals surface area contributed by atoms with Gasteiger partial charge in [-0.1, -0.05) is 18.2 Å². The van der Waals surface area contributed by atoms with E-state index in [1.54, 1.807) is 30.8 Å². The van der Waals surface area contributed by atoms with Crippen LogP contribution in [0, 0.1) is 0 Å². The summed E-state index contributed by atoms with van der Waals surface area (Å²) in [6, 6.07) is 11.3. The van der Waals surface area contributed by atoms with E-state index in [4.69, 9.17) is 9.47 Å². The molecule has 126 valence electrons. The van der Waals surface area contributed by atoms with Crippen LogP contribution in [0.1, 0.15) is 13.8 Å². The molecule has 0 radical (unpaired) electrons. The van der Waals surface area contributed by atoms with Gasteiger partial charge in [0.15, 0.2) is 11.4 Å². The lowest BCUT2D eigenvalue weighted by Crippen LogP contribution is -2.19. The Bertz CT molecular complexity index is 702. The number of hydrogen-bond donors (Lipinski definition) is 1. The Morgan fingerprint density at radius 3 is 2.29 bits per heavy atom. The van der Waals surface area contributed by atoms with Crippen LogP contribution in [0.15, 0.2) is 54.4 Å². The summed E-state index contributed by atoms with van der Waals surface area (Å²) in [5.74, 6) is -1.01. The van der Waals surface area contributed by atoms with Crippen molar-refractivity contribution in [1.82, 2.24) is 9.78 Å². The third kappa shape index (κ3) is 4.45. The molecule has 1 heterocycles. The van der Waals surface area contributed by atoms with E-state index < -0.39 is 11.9 Å². The molecule has 0 aliphatic heterocycles. The number of carbonyl (C=O) groups excluding carboxylic acids is 2. The lowest BCUT2D eigenvalue weighted by Gasteiger charge is -2.06. The summed E-state index contributed by atoms with van der Waals surface area (Å²) in [5.41, 5.74) is 0.679. The van der Waals surface area contributed by atoms with Crippen molar-refractivity contribution < 1.29 is 19.1 Å². The number of ether oxygens (including phenoxy) is 2. The van der Waals surface area contributed by atoms with Gasteiger partial charge in [-0.3, -0.25) is 0 Å². The number of esters is 2. The van der Waals surface area contributed by atoms with Crippen LogP contribution < -0.4 is 5.32 Å². The zero-order valence-corrected chi connectivity index (χ0v) is 13.6. The molecule has 0 bridgehead atoms. The van der Waals surface area contributed by atoms with Gasteiger partial charge in [0.2, 0.25) is 0 Å². The molecule has 0 spiro atoms. The van der Waals surface area contributed by atoms with Crippen molar-refractivity contribution in [3.8, 4) is 5.69 Å². The Morgan fingerprint density at radius 2 is 1.71 bits per heavy atom. The van der Waals surface area contributed by atoms with Crippen molar-refractivity contribution in [3.05, 3.63) is 54.4 Å². The predicted octanol–water partition coefficient (Wildman–Crippen LogP) is 2.29. The van der Waals surface area contributed by atoms with E-state index in [1.807, 2.05) is 30.3 Å².